The summed E-state index contributed by atoms with van der Waals surface area (Å²) in [6.07, 6.45) is 0. The zero-order valence-corrected chi connectivity index (χ0v) is 15.3. The van der Waals surface area contributed by atoms with Crippen LogP contribution in [0.15, 0.2) is 84.9 Å². The summed E-state index contributed by atoms with van der Waals surface area (Å²) in [5.41, 5.74) is 3.21. The van der Waals surface area contributed by atoms with E-state index in [4.69, 9.17) is 0 Å². The van der Waals surface area contributed by atoms with Crippen molar-refractivity contribution in [1.82, 2.24) is 10.6 Å². The van der Waals surface area contributed by atoms with Gasteiger partial charge in [0, 0.05) is 24.5 Å². The van der Waals surface area contributed by atoms with Gasteiger partial charge in [-0.3, -0.25) is 0 Å². The number of carbonyl (C=O) groups excluding carboxylic acids is 2. The van der Waals surface area contributed by atoms with E-state index in [-0.39, 0.29) is 12.1 Å². The first-order valence-electron chi connectivity index (χ1n) is 8.97. The average Bonchev–Trinajstić information content (AvgIpc) is 2.72. The first-order chi connectivity index (χ1) is 13.7. The zero-order valence-electron chi connectivity index (χ0n) is 15.3. The van der Waals surface area contributed by atoms with Crippen molar-refractivity contribution in [2.75, 3.05) is 10.6 Å². The highest BCUT2D eigenvalue weighted by molar-refractivity contribution is 5.92. The van der Waals surface area contributed by atoms with Crippen LogP contribution in [0.1, 0.15) is 11.1 Å². The second kappa shape index (κ2) is 9.78. The molecule has 0 aliphatic carbocycles. The second-order valence-electron chi connectivity index (χ2n) is 6.17. The van der Waals surface area contributed by atoms with E-state index in [1.54, 1.807) is 24.3 Å². The molecule has 0 bridgehead atoms. The molecule has 3 rings (SSSR count). The van der Waals surface area contributed by atoms with Gasteiger partial charge >= 0.3 is 12.1 Å². The van der Waals surface area contributed by atoms with Gasteiger partial charge in [0.2, 0.25) is 0 Å². The smallest absolute Gasteiger partial charge is 0.319 e. The molecule has 0 aliphatic rings. The minimum absolute atomic E-state index is 0.311. The predicted octanol–water partition coefficient (Wildman–Crippen LogP) is 4.33. The highest BCUT2D eigenvalue weighted by Crippen LogP contribution is 2.15. The van der Waals surface area contributed by atoms with Gasteiger partial charge in [-0.25, -0.2) is 9.59 Å². The van der Waals surface area contributed by atoms with E-state index in [2.05, 4.69) is 21.3 Å². The zero-order chi connectivity index (χ0) is 19.6. The second-order valence-corrected chi connectivity index (χ2v) is 6.17. The molecule has 0 saturated heterocycles. The normalized spacial score (nSPS) is 10.0. The molecule has 0 unspecified atom stereocenters. The number of urea groups is 2. The van der Waals surface area contributed by atoms with Gasteiger partial charge in [-0.15, -0.1) is 0 Å². The Labute approximate surface area is 164 Å². The summed E-state index contributed by atoms with van der Waals surface area (Å²) in [6.45, 7) is 0.874. The van der Waals surface area contributed by atoms with Crippen LogP contribution in [-0.4, -0.2) is 12.1 Å². The molecule has 6 nitrogen and oxygen atoms in total. The molecule has 142 valence electrons. The quantitative estimate of drug-likeness (QED) is 0.518. The highest BCUT2D eigenvalue weighted by Gasteiger charge is 2.05. The summed E-state index contributed by atoms with van der Waals surface area (Å²) in [4.78, 5) is 24.1. The van der Waals surface area contributed by atoms with Gasteiger partial charge in [0.25, 0.3) is 0 Å². The molecule has 3 aromatic rings. The maximum atomic E-state index is 12.1. The lowest BCUT2D eigenvalue weighted by Crippen LogP contribution is -2.29. The SMILES string of the molecule is O=C(NCc1ccccc1)Nc1cccc(NC(=O)NCc2ccccc2)c1. The lowest BCUT2D eigenvalue weighted by Gasteiger charge is -2.11. The largest absolute Gasteiger partial charge is 0.334 e. The van der Waals surface area contributed by atoms with Crippen molar-refractivity contribution in [3.8, 4) is 0 Å². The molecule has 0 radical (unpaired) electrons. The standard InChI is InChI=1S/C22H22N4O2/c27-21(23-15-17-8-3-1-4-9-17)25-19-12-7-13-20(14-19)26-22(28)24-16-18-10-5-2-6-11-18/h1-14H,15-16H2,(H2,23,25,27)(H2,24,26,28). The summed E-state index contributed by atoms with van der Waals surface area (Å²) < 4.78 is 0. The van der Waals surface area contributed by atoms with Crippen LogP contribution in [0.3, 0.4) is 0 Å². The van der Waals surface area contributed by atoms with Gasteiger partial charge in [0.15, 0.2) is 0 Å². The van der Waals surface area contributed by atoms with Crippen molar-refractivity contribution in [2.45, 2.75) is 13.1 Å². The third-order valence-corrected chi connectivity index (χ3v) is 3.97. The first kappa shape index (κ1) is 19.0. The molecule has 3 aromatic carbocycles. The van der Waals surface area contributed by atoms with Crippen LogP contribution >= 0.6 is 0 Å². The van der Waals surface area contributed by atoms with E-state index in [0.717, 1.165) is 11.1 Å². The Hall–Kier alpha value is -3.80. The van der Waals surface area contributed by atoms with Crippen molar-refractivity contribution in [3.63, 3.8) is 0 Å². The first-order valence-corrected chi connectivity index (χ1v) is 8.97. The molecular formula is C22H22N4O2. The van der Waals surface area contributed by atoms with Crippen molar-refractivity contribution in [1.29, 1.82) is 0 Å². The van der Waals surface area contributed by atoms with Crippen molar-refractivity contribution >= 4 is 23.4 Å². The predicted molar refractivity (Wildman–Crippen MR) is 111 cm³/mol. The van der Waals surface area contributed by atoms with Crippen LogP contribution in [0, 0.1) is 0 Å². The van der Waals surface area contributed by atoms with Gasteiger partial charge in [-0.2, -0.15) is 0 Å². The molecule has 0 aromatic heterocycles. The Balaban J connectivity index is 1.47. The number of hydrogen-bond donors (Lipinski definition) is 4. The molecule has 6 heteroatoms. The van der Waals surface area contributed by atoms with Gasteiger partial charge < -0.3 is 21.3 Å². The third-order valence-electron chi connectivity index (χ3n) is 3.97. The molecule has 4 amide bonds. The van der Waals surface area contributed by atoms with Gasteiger partial charge in [-0.05, 0) is 29.3 Å². The van der Waals surface area contributed by atoms with Crippen LogP contribution in [0.2, 0.25) is 0 Å². The topological polar surface area (TPSA) is 82.3 Å². The number of benzene rings is 3. The van der Waals surface area contributed by atoms with E-state index in [0.29, 0.717) is 24.5 Å². The summed E-state index contributed by atoms with van der Waals surface area (Å²) in [5, 5.41) is 11.1. The monoisotopic (exact) mass is 374 g/mol. The lowest BCUT2D eigenvalue weighted by atomic mass is 10.2. The molecule has 0 heterocycles. The van der Waals surface area contributed by atoms with E-state index in [1.165, 1.54) is 0 Å². The number of amides is 4. The third kappa shape index (κ3) is 6.17. The number of carbonyl (C=O) groups is 2. The Morgan fingerprint density at radius 1 is 0.571 bits per heavy atom. The Morgan fingerprint density at radius 2 is 1.00 bits per heavy atom. The fourth-order valence-electron chi connectivity index (χ4n) is 2.58. The van der Waals surface area contributed by atoms with Gasteiger partial charge in [-0.1, -0.05) is 66.7 Å². The van der Waals surface area contributed by atoms with Crippen molar-refractivity contribution < 1.29 is 9.59 Å². The highest BCUT2D eigenvalue weighted by atomic mass is 16.2. The van der Waals surface area contributed by atoms with E-state index < -0.39 is 0 Å². The Bertz CT molecular complexity index is 841. The molecule has 0 aliphatic heterocycles. The molecular weight excluding hydrogens is 352 g/mol. The minimum atomic E-state index is -0.311. The fraction of sp³-hybridized carbons (Fsp3) is 0.0909. The number of anilines is 2. The van der Waals surface area contributed by atoms with Crippen molar-refractivity contribution in [3.05, 3.63) is 96.1 Å². The fourth-order valence-corrected chi connectivity index (χ4v) is 2.58. The summed E-state index contributed by atoms with van der Waals surface area (Å²) in [6, 6.07) is 25.7. The Kier molecular flexibility index (Phi) is 6.62. The average molecular weight is 374 g/mol. The maximum absolute atomic E-state index is 12.1. The summed E-state index contributed by atoms with van der Waals surface area (Å²) in [7, 11) is 0. The minimum Gasteiger partial charge on any atom is -0.334 e. The lowest BCUT2D eigenvalue weighted by molar-refractivity contribution is 0.251. The Morgan fingerprint density at radius 3 is 1.43 bits per heavy atom. The van der Waals surface area contributed by atoms with Crippen molar-refractivity contribution in [2.24, 2.45) is 0 Å². The molecule has 0 atom stereocenters. The number of nitrogens with one attached hydrogen (secondary N) is 4. The molecule has 28 heavy (non-hydrogen) atoms. The van der Waals surface area contributed by atoms with Crippen LogP contribution in [0.4, 0.5) is 21.0 Å². The van der Waals surface area contributed by atoms with Crippen LogP contribution in [0.5, 0.6) is 0 Å². The van der Waals surface area contributed by atoms with Crippen LogP contribution < -0.4 is 21.3 Å². The molecule has 0 saturated carbocycles. The molecule has 0 spiro atoms. The van der Waals surface area contributed by atoms with Gasteiger partial charge in [0.05, 0.1) is 0 Å². The van der Waals surface area contributed by atoms with E-state index >= 15 is 0 Å². The number of hydrogen-bond acceptors (Lipinski definition) is 2. The van der Waals surface area contributed by atoms with Crippen LogP contribution in [-0.2, 0) is 13.1 Å². The van der Waals surface area contributed by atoms with E-state index in [9.17, 15) is 9.59 Å². The molecule has 0 fully saturated rings. The number of rotatable bonds is 6. The molecule has 4 N–H and O–H groups in total. The summed E-state index contributed by atoms with van der Waals surface area (Å²) >= 11 is 0. The van der Waals surface area contributed by atoms with Crippen LogP contribution in [0.25, 0.3) is 0 Å². The maximum Gasteiger partial charge on any atom is 0.319 e. The summed E-state index contributed by atoms with van der Waals surface area (Å²) in [5.74, 6) is 0. The van der Waals surface area contributed by atoms with Gasteiger partial charge in [0.1, 0.15) is 0 Å². The van der Waals surface area contributed by atoms with E-state index in [1.807, 2.05) is 60.7 Å².